The fourth-order valence-corrected chi connectivity index (χ4v) is 3.73. The van der Waals surface area contributed by atoms with Crippen molar-refractivity contribution in [3.05, 3.63) is 64.5 Å². The van der Waals surface area contributed by atoms with E-state index < -0.39 is 5.91 Å². The van der Waals surface area contributed by atoms with Gasteiger partial charge in [-0.25, -0.2) is 0 Å². The second-order valence-electron chi connectivity index (χ2n) is 8.44. The summed E-state index contributed by atoms with van der Waals surface area (Å²) in [6.07, 6.45) is 1.61. The first-order valence-electron chi connectivity index (χ1n) is 11.1. The minimum absolute atomic E-state index is 0.105. The zero-order valence-electron chi connectivity index (χ0n) is 19.1. The van der Waals surface area contributed by atoms with Gasteiger partial charge in [-0.2, -0.15) is 4.98 Å². The van der Waals surface area contributed by atoms with Crippen LogP contribution in [-0.4, -0.2) is 39.3 Å². The third-order valence-electron chi connectivity index (χ3n) is 5.67. The molecule has 0 fully saturated rings. The summed E-state index contributed by atoms with van der Waals surface area (Å²) in [5.41, 5.74) is 2.86. The number of carbonyl (C=O) groups excluding carboxylic acids is 3. The van der Waals surface area contributed by atoms with Gasteiger partial charge in [0.1, 0.15) is 0 Å². The smallest absolute Gasteiger partial charge is 0.261 e. The van der Waals surface area contributed by atoms with Gasteiger partial charge in [0.05, 0.1) is 22.4 Å². The molecule has 1 N–H and O–H groups in total. The van der Waals surface area contributed by atoms with Crippen molar-refractivity contribution in [2.24, 2.45) is 0 Å². The summed E-state index contributed by atoms with van der Waals surface area (Å²) in [6, 6.07) is 10.1. The first-order chi connectivity index (χ1) is 15.8. The highest BCUT2D eigenvalue weighted by atomic mass is 16.5. The number of anilines is 1. The second-order valence-corrected chi connectivity index (χ2v) is 8.44. The number of nitrogens with one attached hydrogen (secondary N) is 1. The number of para-hydroxylation sites is 1. The minimum Gasteiger partial charge on any atom is -0.334 e. The van der Waals surface area contributed by atoms with E-state index in [9.17, 15) is 14.4 Å². The van der Waals surface area contributed by atoms with Gasteiger partial charge >= 0.3 is 0 Å². The van der Waals surface area contributed by atoms with Crippen molar-refractivity contribution in [3.8, 4) is 11.5 Å². The van der Waals surface area contributed by atoms with Gasteiger partial charge in [0.15, 0.2) is 5.82 Å². The molecule has 0 saturated carbocycles. The normalized spacial score (nSPS) is 13.1. The maximum Gasteiger partial charge on any atom is 0.261 e. The van der Waals surface area contributed by atoms with Crippen LogP contribution in [0.15, 0.2) is 40.9 Å². The molecular weight excluding hydrogens is 420 g/mol. The Morgan fingerprint density at radius 2 is 1.85 bits per heavy atom. The van der Waals surface area contributed by atoms with E-state index in [0.29, 0.717) is 35.1 Å². The fourth-order valence-electron chi connectivity index (χ4n) is 3.73. The second kappa shape index (κ2) is 8.97. The highest BCUT2D eigenvalue weighted by Crippen LogP contribution is 2.31. The molecule has 33 heavy (non-hydrogen) atoms. The Kier molecular flexibility index (Phi) is 6.09. The molecule has 8 heteroatoms. The zero-order valence-corrected chi connectivity index (χ0v) is 19.1. The molecular formula is C25H26N4O4. The lowest BCUT2D eigenvalue weighted by Crippen LogP contribution is -2.30. The summed E-state index contributed by atoms with van der Waals surface area (Å²) in [7, 11) is 0. The number of rotatable bonds is 7. The van der Waals surface area contributed by atoms with Crippen molar-refractivity contribution in [1.82, 2.24) is 15.0 Å². The maximum absolute atomic E-state index is 13.1. The van der Waals surface area contributed by atoms with Crippen LogP contribution in [0.1, 0.15) is 82.0 Å². The average molecular weight is 447 g/mol. The van der Waals surface area contributed by atoms with Crippen LogP contribution >= 0.6 is 0 Å². The Morgan fingerprint density at radius 1 is 1.09 bits per heavy atom. The topological polar surface area (TPSA) is 105 Å². The molecule has 8 nitrogen and oxygen atoms in total. The van der Waals surface area contributed by atoms with Crippen molar-refractivity contribution in [2.45, 2.75) is 46.5 Å². The van der Waals surface area contributed by atoms with Gasteiger partial charge in [-0.1, -0.05) is 44.5 Å². The number of aromatic nitrogens is 2. The van der Waals surface area contributed by atoms with Crippen molar-refractivity contribution in [3.63, 3.8) is 0 Å². The number of fused-ring (bicyclic) bond motifs is 1. The fraction of sp³-hybridized carbons (Fsp3) is 0.320. The Balaban J connectivity index is 1.62. The molecule has 0 spiro atoms. The van der Waals surface area contributed by atoms with Crippen molar-refractivity contribution >= 4 is 23.4 Å². The van der Waals surface area contributed by atoms with Gasteiger partial charge < -0.3 is 9.84 Å². The monoisotopic (exact) mass is 446 g/mol. The van der Waals surface area contributed by atoms with E-state index in [1.807, 2.05) is 39.8 Å². The number of unbranched alkanes of at least 4 members (excludes halogenated alkanes) is 1. The van der Waals surface area contributed by atoms with Crippen molar-refractivity contribution in [2.75, 3.05) is 11.9 Å². The quantitative estimate of drug-likeness (QED) is 0.522. The molecule has 0 aliphatic carbocycles. The number of hydrogen-bond donors (Lipinski definition) is 1. The summed E-state index contributed by atoms with van der Waals surface area (Å²) >= 11 is 0. The van der Waals surface area contributed by atoms with Crippen molar-refractivity contribution in [1.29, 1.82) is 0 Å². The van der Waals surface area contributed by atoms with E-state index in [2.05, 4.69) is 15.5 Å². The Morgan fingerprint density at radius 3 is 2.55 bits per heavy atom. The molecule has 3 amide bonds. The summed E-state index contributed by atoms with van der Waals surface area (Å²) in [6.45, 7) is 8.18. The molecule has 0 unspecified atom stereocenters. The van der Waals surface area contributed by atoms with E-state index in [4.69, 9.17) is 4.52 Å². The molecule has 0 bridgehead atoms. The van der Waals surface area contributed by atoms with Crippen LogP contribution in [0.4, 0.5) is 5.69 Å². The zero-order chi connectivity index (χ0) is 23.7. The van der Waals surface area contributed by atoms with Crippen LogP contribution in [0, 0.1) is 6.92 Å². The van der Waals surface area contributed by atoms with Crippen LogP contribution in [0.25, 0.3) is 11.5 Å². The van der Waals surface area contributed by atoms with E-state index in [0.717, 1.165) is 18.4 Å². The number of carbonyl (C=O) groups is 3. The Bertz CT molecular complexity index is 1240. The van der Waals surface area contributed by atoms with E-state index >= 15 is 0 Å². The summed E-state index contributed by atoms with van der Waals surface area (Å²) in [5, 5.41) is 6.93. The summed E-state index contributed by atoms with van der Waals surface area (Å²) in [5.74, 6) is -0.0639. The number of hydrogen-bond acceptors (Lipinski definition) is 6. The molecule has 1 aliphatic rings. The average Bonchev–Trinajstić information content (AvgIpc) is 3.38. The first kappa shape index (κ1) is 22.4. The predicted octanol–water partition coefficient (Wildman–Crippen LogP) is 4.82. The SMILES string of the molecule is CCCCN1C(=O)c2ccc(C(=O)Nc3c(C)cccc3-c3nc(C(C)C)no3)cc2C1=O. The highest BCUT2D eigenvalue weighted by Gasteiger charge is 2.35. The molecule has 0 atom stereocenters. The highest BCUT2D eigenvalue weighted by molar-refractivity contribution is 6.22. The van der Waals surface area contributed by atoms with Crippen LogP contribution in [0.2, 0.25) is 0 Å². The maximum atomic E-state index is 13.1. The van der Waals surface area contributed by atoms with Gasteiger partial charge in [-0.3, -0.25) is 19.3 Å². The number of amides is 3. The summed E-state index contributed by atoms with van der Waals surface area (Å²) in [4.78, 5) is 44.1. The minimum atomic E-state index is -0.399. The molecule has 1 aromatic heterocycles. The lowest BCUT2D eigenvalue weighted by molar-refractivity contribution is 0.0652. The summed E-state index contributed by atoms with van der Waals surface area (Å²) < 4.78 is 5.43. The first-order valence-corrected chi connectivity index (χ1v) is 11.1. The van der Waals surface area contributed by atoms with Gasteiger partial charge in [0.2, 0.25) is 0 Å². The molecule has 4 rings (SSSR count). The lowest BCUT2D eigenvalue weighted by Gasteiger charge is -2.12. The molecule has 0 saturated heterocycles. The van der Waals surface area contributed by atoms with E-state index in [-0.39, 0.29) is 28.9 Å². The van der Waals surface area contributed by atoms with Crippen molar-refractivity contribution < 1.29 is 18.9 Å². The van der Waals surface area contributed by atoms with Gasteiger partial charge in [-0.05, 0) is 43.2 Å². The van der Waals surface area contributed by atoms with Crippen LogP contribution in [0.5, 0.6) is 0 Å². The third kappa shape index (κ3) is 4.16. The van der Waals surface area contributed by atoms with Gasteiger partial charge in [0, 0.05) is 18.0 Å². The number of imide groups is 1. The number of benzene rings is 2. The van der Waals surface area contributed by atoms with E-state index in [1.54, 1.807) is 18.2 Å². The largest absolute Gasteiger partial charge is 0.334 e. The molecule has 2 aromatic carbocycles. The Hall–Kier alpha value is -3.81. The van der Waals surface area contributed by atoms with Crippen LogP contribution in [0.3, 0.4) is 0 Å². The standard InChI is InChI=1S/C25H26N4O4/c1-5-6-12-29-24(31)17-11-10-16(13-19(17)25(29)32)22(30)26-20-15(4)8-7-9-18(20)23-27-21(14(2)3)28-33-23/h7-11,13-14H,5-6,12H2,1-4H3,(H,26,30). The molecule has 3 aromatic rings. The molecule has 1 aliphatic heterocycles. The Labute approximate surface area is 192 Å². The molecule has 0 radical (unpaired) electrons. The third-order valence-corrected chi connectivity index (χ3v) is 5.67. The predicted molar refractivity (Wildman–Crippen MR) is 123 cm³/mol. The number of nitrogens with zero attached hydrogens (tertiary/aromatic N) is 3. The van der Waals surface area contributed by atoms with Gasteiger partial charge in [-0.15, -0.1) is 0 Å². The van der Waals surface area contributed by atoms with Crippen LogP contribution in [-0.2, 0) is 0 Å². The number of aryl methyl sites for hydroxylation is 1. The van der Waals surface area contributed by atoms with Gasteiger partial charge in [0.25, 0.3) is 23.6 Å². The lowest BCUT2D eigenvalue weighted by atomic mass is 10.0. The van der Waals surface area contributed by atoms with E-state index in [1.165, 1.54) is 11.0 Å². The van der Waals surface area contributed by atoms with Crippen LogP contribution < -0.4 is 5.32 Å². The molecule has 2 heterocycles. The molecule has 170 valence electrons.